The van der Waals surface area contributed by atoms with E-state index in [2.05, 4.69) is 40.4 Å². The molecule has 0 aliphatic carbocycles. The second kappa shape index (κ2) is 8.64. The minimum atomic E-state index is -0.233. The molecular weight excluding hydrogens is 368 g/mol. The van der Waals surface area contributed by atoms with E-state index in [9.17, 15) is 9.59 Å². The van der Waals surface area contributed by atoms with Crippen LogP contribution in [0.3, 0.4) is 0 Å². The molecule has 0 aliphatic heterocycles. The number of hydrogen-bond acceptors (Lipinski definition) is 2. The molecule has 24 heavy (non-hydrogen) atoms. The predicted molar refractivity (Wildman–Crippen MR) is 100 cm³/mol. The molecule has 0 unspecified atom stereocenters. The lowest BCUT2D eigenvalue weighted by Crippen LogP contribution is -2.34. The van der Waals surface area contributed by atoms with Gasteiger partial charge in [0.15, 0.2) is 0 Å². The molecule has 0 aliphatic rings. The number of amides is 2. The zero-order valence-electron chi connectivity index (χ0n) is 13.8. The molecule has 2 N–H and O–H groups in total. The van der Waals surface area contributed by atoms with E-state index < -0.39 is 0 Å². The fourth-order valence-corrected chi connectivity index (χ4v) is 2.79. The number of hydrogen-bond donors (Lipinski definition) is 2. The molecule has 0 saturated heterocycles. The van der Waals surface area contributed by atoms with Crippen LogP contribution in [-0.2, 0) is 16.0 Å². The first kappa shape index (κ1) is 18.2. The smallest absolute Gasteiger partial charge is 0.243 e. The van der Waals surface area contributed by atoms with Crippen LogP contribution in [0, 0.1) is 0 Å². The Morgan fingerprint density at radius 1 is 1.00 bits per heavy atom. The molecule has 0 radical (unpaired) electrons. The summed E-state index contributed by atoms with van der Waals surface area (Å²) < 4.78 is 0.885. The molecule has 5 heteroatoms. The Morgan fingerprint density at radius 2 is 1.67 bits per heavy atom. The van der Waals surface area contributed by atoms with Crippen molar-refractivity contribution in [1.82, 2.24) is 5.32 Å². The first-order chi connectivity index (χ1) is 11.5. The predicted octanol–water partition coefficient (Wildman–Crippen LogP) is 3.87. The molecule has 0 heterocycles. The van der Waals surface area contributed by atoms with Crippen LogP contribution in [0.25, 0.3) is 0 Å². The Kier molecular flexibility index (Phi) is 6.55. The summed E-state index contributed by atoms with van der Waals surface area (Å²) in [6, 6.07) is 15.2. The Labute approximate surface area is 150 Å². The van der Waals surface area contributed by atoms with Crippen molar-refractivity contribution in [2.45, 2.75) is 26.2 Å². The van der Waals surface area contributed by atoms with E-state index in [1.165, 1.54) is 0 Å². The van der Waals surface area contributed by atoms with Gasteiger partial charge in [0, 0.05) is 10.2 Å². The Morgan fingerprint density at radius 3 is 2.38 bits per heavy atom. The lowest BCUT2D eigenvalue weighted by molar-refractivity contribution is -0.123. The maximum atomic E-state index is 12.1. The standard InChI is InChI=1S/C19H21BrN2O2/c1-13(2)15-8-4-6-10-17(15)22-19(24)12-21-18(23)11-14-7-3-5-9-16(14)20/h3-10,13H,11-12H2,1-2H3,(H,21,23)(H,22,24). The van der Waals surface area contributed by atoms with Crippen LogP contribution in [0.1, 0.15) is 30.9 Å². The van der Waals surface area contributed by atoms with Gasteiger partial charge in [-0.2, -0.15) is 0 Å². The van der Waals surface area contributed by atoms with Gasteiger partial charge in [-0.25, -0.2) is 0 Å². The summed E-state index contributed by atoms with van der Waals surface area (Å²) in [6.07, 6.45) is 0.233. The molecule has 4 nitrogen and oxygen atoms in total. The fraction of sp³-hybridized carbons (Fsp3) is 0.263. The van der Waals surface area contributed by atoms with Gasteiger partial charge in [0.2, 0.25) is 11.8 Å². The summed E-state index contributed by atoms with van der Waals surface area (Å²) in [5, 5.41) is 5.51. The molecule has 0 aromatic heterocycles. The highest BCUT2D eigenvalue weighted by molar-refractivity contribution is 9.10. The van der Waals surface area contributed by atoms with Crippen LogP contribution < -0.4 is 10.6 Å². The average molecular weight is 389 g/mol. The SMILES string of the molecule is CC(C)c1ccccc1NC(=O)CNC(=O)Cc1ccccc1Br. The number of rotatable bonds is 6. The van der Waals surface area contributed by atoms with Gasteiger partial charge in [0.1, 0.15) is 0 Å². The molecule has 0 bridgehead atoms. The van der Waals surface area contributed by atoms with Gasteiger partial charge in [0.25, 0.3) is 0 Å². The molecule has 0 saturated carbocycles. The zero-order chi connectivity index (χ0) is 17.5. The van der Waals surface area contributed by atoms with E-state index in [4.69, 9.17) is 0 Å². The topological polar surface area (TPSA) is 58.2 Å². The molecular formula is C19H21BrN2O2. The Bertz CT molecular complexity index is 729. The summed E-state index contributed by atoms with van der Waals surface area (Å²) in [4.78, 5) is 24.1. The molecule has 2 aromatic rings. The Balaban J connectivity index is 1.87. The summed E-state index contributed by atoms with van der Waals surface area (Å²) in [5.41, 5.74) is 2.75. The highest BCUT2D eigenvalue weighted by Crippen LogP contribution is 2.23. The quantitative estimate of drug-likeness (QED) is 0.788. The van der Waals surface area contributed by atoms with E-state index in [1.807, 2.05) is 48.5 Å². The molecule has 2 rings (SSSR count). The molecule has 2 amide bonds. The van der Waals surface area contributed by atoms with E-state index in [0.29, 0.717) is 5.92 Å². The van der Waals surface area contributed by atoms with Crippen molar-refractivity contribution in [3.8, 4) is 0 Å². The summed E-state index contributed by atoms with van der Waals surface area (Å²) in [6.45, 7) is 4.10. The molecule has 126 valence electrons. The Hall–Kier alpha value is -2.14. The van der Waals surface area contributed by atoms with Gasteiger partial charge in [-0.05, 0) is 29.2 Å². The number of carbonyl (C=O) groups excluding carboxylic acids is 2. The monoisotopic (exact) mass is 388 g/mol. The number of carbonyl (C=O) groups is 2. The third kappa shape index (κ3) is 5.20. The van der Waals surface area contributed by atoms with Crippen LogP contribution in [0.15, 0.2) is 53.0 Å². The van der Waals surface area contributed by atoms with Crippen molar-refractivity contribution in [3.05, 3.63) is 64.1 Å². The van der Waals surface area contributed by atoms with E-state index in [-0.39, 0.29) is 24.8 Å². The maximum Gasteiger partial charge on any atom is 0.243 e. The number of benzene rings is 2. The first-order valence-corrected chi connectivity index (χ1v) is 8.65. The molecule has 0 atom stereocenters. The van der Waals surface area contributed by atoms with E-state index in [0.717, 1.165) is 21.3 Å². The van der Waals surface area contributed by atoms with Crippen LogP contribution in [0.5, 0.6) is 0 Å². The van der Waals surface area contributed by atoms with Crippen molar-refractivity contribution >= 4 is 33.4 Å². The molecule has 0 spiro atoms. The van der Waals surface area contributed by atoms with E-state index >= 15 is 0 Å². The van der Waals surface area contributed by atoms with Crippen molar-refractivity contribution in [1.29, 1.82) is 0 Å². The van der Waals surface area contributed by atoms with Gasteiger partial charge >= 0.3 is 0 Å². The number of para-hydroxylation sites is 1. The maximum absolute atomic E-state index is 12.1. The van der Waals surface area contributed by atoms with Gasteiger partial charge < -0.3 is 10.6 Å². The van der Waals surface area contributed by atoms with Gasteiger partial charge in [0.05, 0.1) is 13.0 Å². The molecule has 2 aromatic carbocycles. The zero-order valence-corrected chi connectivity index (χ0v) is 15.4. The van der Waals surface area contributed by atoms with Gasteiger partial charge in [-0.3, -0.25) is 9.59 Å². The minimum Gasteiger partial charge on any atom is -0.347 e. The minimum absolute atomic E-state index is 0.0459. The summed E-state index contributed by atoms with van der Waals surface area (Å²) >= 11 is 3.41. The van der Waals surface area contributed by atoms with Crippen LogP contribution in [0.4, 0.5) is 5.69 Å². The number of nitrogens with one attached hydrogen (secondary N) is 2. The largest absolute Gasteiger partial charge is 0.347 e. The second-order valence-electron chi connectivity index (χ2n) is 5.84. The highest BCUT2D eigenvalue weighted by Gasteiger charge is 2.11. The third-order valence-corrected chi connectivity index (χ3v) is 4.39. The van der Waals surface area contributed by atoms with Crippen molar-refractivity contribution in [2.75, 3.05) is 11.9 Å². The number of anilines is 1. The third-order valence-electron chi connectivity index (χ3n) is 3.61. The number of halogens is 1. The van der Waals surface area contributed by atoms with Gasteiger partial charge in [-0.15, -0.1) is 0 Å². The summed E-state index contributed by atoms with van der Waals surface area (Å²) in [5.74, 6) is -0.107. The van der Waals surface area contributed by atoms with Crippen LogP contribution >= 0.6 is 15.9 Å². The van der Waals surface area contributed by atoms with Crippen molar-refractivity contribution in [2.24, 2.45) is 0 Å². The lowest BCUT2D eigenvalue weighted by Gasteiger charge is -2.14. The fourth-order valence-electron chi connectivity index (χ4n) is 2.36. The second-order valence-corrected chi connectivity index (χ2v) is 6.69. The first-order valence-electron chi connectivity index (χ1n) is 7.86. The van der Waals surface area contributed by atoms with Crippen LogP contribution in [0.2, 0.25) is 0 Å². The van der Waals surface area contributed by atoms with Crippen molar-refractivity contribution < 1.29 is 9.59 Å². The average Bonchev–Trinajstić information content (AvgIpc) is 2.55. The molecule has 0 fully saturated rings. The van der Waals surface area contributed by atoms with Gasteiger partial charge in [-0.1, -0.05) is 66.2 Å². The highest BCUT2D eigenvalue weighted by atomic mass is 79.9. The van der Waals surface area contributed by atoms with E-state index in [1.54, 1.807) is 0 Å². The summed E-state index contributed by atoms with van der Waals surface area (Å²) in [7, 11) is 0. The normalized spacial score (nSPS) is 10.5. The van der Waals surface area contributed by atoms with Crippen molar-refractivity contribution in [3.63, 3.8) is 0 Å². The lowest BCUT2D eigenvalue weighted by atomic mass is 10.0. The van der Waals surface area contributed by atoms with Crippen LogP contribution in [-0.4, -0.2) is 18.4 Å².